The van der Waals surface area contributed by atoms with Crippen LogP contribution < -0.4 is 24.2 Å². The number of hydrogen-bond donors (Lipinski definition) is 1. The quantitative estimate of drug-likeness (QED) is 0.0832. The maximum Gasteiger partial charge on any atom is 0.258 e. The number of benzene rings is 3. The topological polar surface area (TPSA) is 126 Å². The molecule has 4 fully saturated rings. The van der Waals surface area contributed by atoms with Crippen molar-refractivity contribution in [2.45, 2.75) is 28.5 Å². The van der Waals surface area contributed by atoms with E-state index < -0.39 is 98.2 Å². The number of hydrogen-bond acceptors (Lipinski definition) is 9. The minimum absolute atomic E-state index is 0.0750. The van der Waals surface area contributed by atoms with E-state index in [9.17, 15) is 37.5 Å². The number of alkyl halides is 2. The van der Waals surface area contributed by atoms with Crippen molar-refractivity contribution in [1.29, 1.82) is 0 Å². The van der Waals surface area contributed by atoms with Crippen LogP contribution in [-0.2, 0) is 23.9 Å². The third-order valence-corrected chi connectivity index (χ3v) is 12.9. The highest BCUT2D eigenvalue weighted by molar-refractivity contribution is 6.58. The van der Waals surface area contributed by atoms with Gasteiger partial charge in [-0.2, -0.15) is 0 Å². The Bertz CT molecular complexity index is 2220. The standard InChI is InChI=1S/C38H30Cl2F5N3O8/c1-54-22-13-18(49)14-23(55-2)25(22)26-19-7-8-20-24(34(51)47(33(20)50)17-5-3-16(4-6-17)46-9-11-56-12-10-46)21(19)15-37(39)35(52)48(36(53)38(26,37)40)32-30(44)28(42)27(41)29(43)31(32)45/h3-7,13-14,20-21,24,26,49H,8-12,15H2,1-2H3/t20-,21+,24-,26+,37+,38-/m0/s1. The number of halogens is 7. The first-order valence-electron chi connectivity index (χ1n) is 17.4. The number of carbonyl (C=O) groups is 4. The van der Waals surface area contributed by atoms with Crippen LogP contribution in [0.2, 0.25) is 0 Å². The van der Waals surface area contributed by atoms with Crippen molar-refractivity contribution in [3.05, 3.63) is 82.7 Å². The predicted octanol–water partition coefficient (Wildman–Crippen LogP) is 5.71. The number of phenols is 1. The van der Waals surface area contributed by atoms with Gasteiger partial charge < -0.3 is 24.2 Å². The number of amides is 4. The zero-order chi connectivity index (χ0) is 40.2. The Morgan fingerprint density at radius 2 is 1.32 bits per heavy atom. The van der Waals surface area contributed by atoms with Gasteiger partial charge in [0, 0.05) is 42.4 Å². The number of aromatic hydroxyl groups is 1. The number of fused-ring (bicyclic) bond motifs is 4. The summed E-state index contributed by atoms with van der Waals surface area (Å²) in [6, 6.07) is 9.02. The van der Waals surface area contributed by atoms with Crippen LogP contribution in [0.5, 0.6) is 17.2 Å². The summed E-state index contributed by atoms with van der Waals surface area (Å²) < 4.78 is 90.7. The number of nitrogens with zero attached hydrogens (tertiary/aromatic N) is 3. The molecule has 11 nitrogen and oxygen atoms in total. The van der Waals surface area contributed by atoms with Gasteiger partial charge in [-0.3, -0.25) is 24.1 Å². The molecular formula is C38H30Cl2F5N3O8. The molecule has 3 aliphatic heterocycles. The molecule has 3 heterocycles. The number of morpholine rings is 1. The summed E-state index contributed by atoms with van der Waals surface area (Å²) in [6.07, 6.45) is 0.788. The van der Waals surface area contributed by atoms with Gasteiger partial charge >= 0.3 is 0 Å². The van der Waals surface area contributed by atoms with Gasteiger partial charge in [-0.1, -0.05) is 11.6 Å². The van der Waals surface area contributed by atoms with E-state index in [1.54, 1.807) is 30.3 Å². The second-order valence-corrected chi connectivity index (χ2v) is 15.3. The Morgan fingerprint density at radius 1 is 0.768 bits per heavy atom. The second kappa shape index (κ2) is 13.3. The smallest absolute Gasteiger partial charge is 0.258 e. The number of carbonyl (C=O) groups excluding carboxylic acids is 4. The lowest BCUT2D eigenvalue weighted by Gasteiger charge is -2.51. The zero-order valence-electron chi connectivity index (χ0n) is 29.4. The Kier molecular flexibility index (Phi) is 9.04. The van der Waals surface area contributed by atoms with Gasteiger partial charge in [-0.15, -0.1) is 23.2 Å². The molecule has 8 rings (SSSR count). The van der Waals surface area contributed by atoms with Gasteiger partial charge in [0.15, 0.2) is 33.0 Å². The predicted molar refractivity (Wildman–Crippen MR) is 190 cm³/mol. The fraction of sp³-hybridized carbons (Fsp3) is 0.368. The second-order valence-electron chi connectivity index (χ2n) is 14.1. The first-order chi connectivity index (χ1) is 26.6. The molecule has 18 heteroatoms. The van der Waals surface area contributed by atoms with E-state index in [-0.39, 0.29) is 45.4 Å². The number of allylic oxidation sites excluding steroid dienone is 2. The molecule has 1 saturated carbocycles. The van der Waals surface area contributed by atoms with E-state index in [0.29, 0.717) is 26.3 Å². The van der Waals surface area contributed by atoms with Crippen molar-refractivity contribution in [1.82, 2.24) is 0 Å². The molecule has 0 bridgehead atoms. The molecule has 3 saturated heterocycles. The minimum atomic E-state index is -2.82. The van der Waals surface area contributed by atoms with Crippen molar-refractivity contribution in [3.63, 3.8) is 0 Å². The van der Waals surface area contributed by atoms with Crippen LogP contribution in [0.3, 0.4) is 0 Å². The van der Waals surface area contributed by atoms with Gasteiger partial charge in [-0.05, 0) is 43.0 Å². The van der Waals surface area contributed by atoms with Crippen molar-refractivity contribution >= 4 is 63.9 Å². The molecule has 3 aromatic rings. The van der Waals surface area contributed by atoms with Crippen molar-refractivity contribution < 1.29 is 60.4 Å². The van der Waals surface area contributed by atoms with Gasteiger partial charge in [0.2, 0.25) is 17.6 Å². The van der Waals surface area contributed by atoms with Crippen molar-refractivity contribution in [2.75, 3.05) is 55.2 Å². The molecule has 0 radical (unpaired) electrons. The molecule has 1 N–H and O–H groups in total. The Balaban J connectivity index is 1.29. The number of phenolic OH excluding ortho intramolecular Hbond substituents is 1. The van der Waals surface area contributed by atoms with Crippen molar-refractivity contribution in [2.24, 2.45) is 17.8 Å². The number of rotatable bonds is 6. The van der Waals surface area contributed by atoms with E-state index >= 15 is 8.78 Å². The largest absolute Gasteiger partial charge is 0.508 e. The molecule has 0 spiro atoms. The Labute approximate surface area is 325 Å². The lowest BCUT2D eigenvalue weighted by Crippen LogP contribution is -2.60. The van der Waals surface area contributed by atoms with Gasteiger partial charge in [0.1, 0.15) is 22.9 Å². The number of methoxy groups -OCH3 is 2. The number of imide groups is 2. The van der Waals surface area contributed by atoms with Gasteiger partial charge in [0.25, 0.3) is 11.8 Å². The summed E-state index contributed by atoms with van der Waals surface area (Å²) in [5, 5.41) is 10.5. The highest BCUT2D eigenvalue weighted by Crippen LogP contribution is 2.68. The van der Waals surface area contributed by atoms with Crippen LogP contribution in [0.15, 0.2) is 48.0 Å². The van der Waals surface area contributed by atoms with Crippen LogP contribution in [-0.4, -0.2) is 79.0 Å². The summed E-state index contributed by atoms with van der Waals surface area (Å²) >= 11 is 14.5. The first-order valence-corrected chi connectivity index (χ1v) is 18.1. The van der Waals surface area contributed by atoms with E-state index in [2.05, 4.69) is 4.90 Å². The average molecular weight is 823 g/mol. The van der Waals surface area contributed by atoms with E-state index in [1.807, 2.05) is 0 Å². The fourth-order valence-corrected chi connectivity index (χ4v) is 9.90. The maximum absolute atomic E-state index is 15.4. The number of anilines is 3. The molecule has 4 amide bonds. The fourth-order valence-electron chi connectivity index (χ4n) is 8.98. The van der Waals surface area contributed by atoms with E-state index in [1.165, 1.54) is 14.2 Å². The van der Waals surface area contributed by atoms with Crippen LogP contribution in [0.1, 0.15) is 24.3 Å². The Hall–Kier alpha value is -4.93. The third-order valence-electron chi connectivity index (χ3n) is 11.5. The molecule has 0 unspecified atom stereocenters. The third kappa shape index (κ3) is 5.03. The molecular weight excluding hydrogens is 792 g/mol. The first kappa shape index (κ1) is 38.0. The maximum atomic E-state index is 15.4. The summed E-state index contributed by atoms with van der Waals surface area (Å²) in [6.45, 7) is 2.36. The molecule has 6 atom stereocenters. The minimum Gasteiger partial charge on any atom is -0.508 e. The number of ether oxygens (including phenoxy) is 3. The summed E-state index contributed by atoms with van der Waals surface area (Å²) in [7, 11) is 2.39. The summed E-state index contributed by atoms with van der Waals surface area (Å²) in [4.78, 5) is 55.1. The van der Waals surface area contributed by atoms with Crippen LogP contribution in [0.25, 0.3) is 0 Å². The van der Waals surface area contributed by atoms with Gasteiger partial charge in [-0.25, -0.2) is 26.9 Å². The lowest BCUT2D eigenvalue weighted by atomic mass is 9.56. The monoisotopic (exact) mass is 821 g/mol. The molecule has 0 aromatic heterocycles. The van der Waals surface area contributed by atoms with Crippen LogP contribution in [0, 0.1) is 46.8 Å². The zero-order valence-corrected chi connectivity index (χ0v) is 30.9. The summed E-state index contributed by atoms with van der Waals surface area (Å²) in [5.74, 6) is -22.7. The highest BCUT2D eigenvalue weighted by Gasteiger charge is 2.77. The lowest BCUT2D eigenvalue weighted by molar-refractivity contribution is -0.125. The van der Waals surface area contributed by atoms with Crippen LogP contribution in [0.4, 0.5) is 39.0 Å². The Morgan fingerprint density at radius 3 is 1.89 bits per heavy atom. The average Bonchev–Trinajstić information content (AvgIpc) is 3.54. The normalized spacial score (nSPS) is 28.7. The SMILES string of the molecule is COc1cc(O)cc(OC)c1[C@H]1C2=CC[C@@H]3C(=O)N(c4ccc(N5CCOCC5)cc4)C(=O)[C@@H]3[C@@H]2C[C@@]2(Cl)C(=O)N(c3c(F)c(F)c(F)c(F)c3F)C(=O)[C@@]12Cl. The molecule has 2 aliphatic carbocycles. The summed E-state index contributed by atoms with van der Waals surface area (Å²) in [5.41, 5.74) is -0.711. The van der Waals surface area contributed by atoms with Crippen LogP contribution >= 0.6 is 23.2 Å². The van der Waals surface area contributed by atoms with E-state index in [0.717, 1.165) is 22.7 Å². The molecule has 3 aromatic carbocycles. The van der Waals surface area contributed by atoms with E-state index in [4.69, 9.17) is 37.4 Å². The molecule has 56 heavy (non-hydrogen) atoms. The molecule has 5 aliphatic rings. The van der Waals surface area contributed by atoms with Crippen molar-refractivity contribution in [3.8, 4) is 17.2 Å². The highest BCUT2D eigenvalue weighted by atomic mass is 35.5. The van der Waals surface area contributed by atoms with Gasteiger partial charge in [0.05, 0.1) is 45.0 Å². The molecule has 294 valence electrons.